The van der Waals surface area contributed by atoms with Gasteiger partial charge in [-0.1, -0.05) is 11.6 Å². The number of aromatic nitrogens is 4. The van der Waals surface area contributed by atoms with Crippen molar-refractivity contribution in [2.24, 2.45) is 0 Å². The number of carbonyl (C=O) groups is 1. The lowest BCUT2D eigenvalue weighted by Crippen LogP contribution is -2.38. The Bertz CT molecular complexity index is 1040. The van der Waals surface area contributed by atoms with Gasteiger partial charge >= 0.3 is 0 Å². The maximum Gasteiger partial charge on any atom is 0.276 e. The van der Waals surface area contributed by atoms with Gasteiger partial charge in [-0.25, -0.2) is 9.97 Å². The number of benzene rings is 1. The summed E-state index contributed by atoms with van der Waals surface area (Å²) in [5, 5.41) is 13.9. The molecule has 4 rings (SSSR count). The number of aryl methyl sites for hydroxylation is 1. The van der Waals surface area contributed by atoms with E-state index >= 15 is 0 Å². The zero-order valence-corrected chi connectivity index (χ0v) is 17.2. The van der Waals surface area contributed by atoms with E-state index in [0.717, 1.165) is 24.2 Å². The predicted molar refractivity (Wildman–Crippen MR) is 115 cm³/mol. The summed E-state index contributed by atoms with van der Waals surface area (Å²) in [5.41, 5.74) is 9.58. The summed E-state index contributed by atoms with van der Waals surface area (Å²) in [6.07, 6.45) is 3.23. The second-order valence-corrected chi connectivity index (χ2v) is 7.58. The molecule has 10 heteroatoms. The summed E-state index contributed by atoms with van der Waals surface area (Å²) >= 11 is 5.98. The Morgan fingerprint density at radius 2 is 2.10 bits per heavy atom. The zero-order valence-electron chi connectivity index (χ0n) is 16.4. The summed E-state index contributed by atoms with van der Waals surface area (Å²) in [6.45, 7) is 2.70. The molecule has 0 spiro atoms. The highest BCUT2D eigenvalue weighted by Crippen LogP contribution is 2.26. The Morgan fingerprint density at radius 3 is 2.80 bits per heavy atom. The average molecular weight is 426 g/mol. The van der Waals surface area contributed by atoms with Crippen molar-refractivity contribution in [2.75, 3.05) is 23.7 Å². The molecule has 1 atom stereocenters. The smallest absolute Gasteiger partial charge is 0.276 e. The fourth-order valence-electron chi connectivity index (χ4n) is 3.43. The predicted octanol–water partition coefficient (Wildman–Crippen LogP) is 3.54. The summed E-state index contributed by atoms with van der Waals surface area (Å²) in [6, 6.07) is 8.87. The molecule has 4 N–H and O–H groups in total. The van der Waals surface area contributed by atoms with Crippen molar-refractivity contribution in [2.45, 2.75) is 25.8 Å². The Labute approximate surface area is 179 Å². The van der Waals surface area contributed by atoms with Crippen LogP contribution in [0.4, 0.5) is 23.1 Å². The lowest BCUT2D eigenvalue weighted by molar-refractivity contribution is 0.0735. The highest BCUT2D eigenvalue weighted by molar-refractivity contribution is 6.30. The molecule has 0 bridgehead atoms. The van der Waals surface area contributed by atoms with Crippen molar-refractivity contribution in [3.05, 3.63) is 52.9 Å². The monoisotopic (exact) mass is 425 g/mol. The number of amides is 1. The number of likely N-dealkylation sites (tertiary alicyclic amines) is 1. The molecule has 3 aromatic rings. The first kappa shape index (κ1) is 20.1. The Hall–Kier alpha value is -3.17. The quantitative estimate of drug-likeness (QED) is 0.555. The van der Waals surface area contributed by atoms with Gasteiger partial charge in [0.05, 0.1) is 6.20 Å². The molecule has 155 valence electrons. The summed E-state index contributed by atoms with van der Waals surface area (Å²) in [4.78, 5) is 23.9. The number of carbonyl (C=O) groups excluding carboxylic acids is 1. The van der Waals surface area contributed by atoms with Crippen LogP contribution in [0.25, 0.3) is 0 Å². The van der Waals surface area contributed by atoms with Crippen molar-refractivity contribution in [1.82, 2.24) is 30.8 Å². The van der Waals surface area contributed by atoms with Gasteiger partial charge in [-0.05, 0) is 44.0 Å². The van der Waals surface area contributed by atoms with E-state index in [0.29, 0.717) is 29.0 Å². The molecule has 3 heterocycles. The molecule has 30 heavy (non-hydrogen) atoms. The van der Waals surface area contributed by atoms with E-state index < -0.39 is 0 Å². The lowest BCUT2D eigenvalue weighted by atomic mass is 10.2. The van der Waals surface area contributed by atoms with Gasteiger partial charge in [0.25, 0.3) is 5.91 Å². The van der Waals surface area contributed by atoms with Crippen LogP contribution in [0.15, 0.2) is 36.5 Å². The highest BCUT2D eigenvalue weighted by atomic mass is 35.5. The van der Waals surface area contributed by atoms with Crippen LogP contribution >= 0.6 is 11.6 Å². The van der Waals surface area contributed by atoms with Gasteiger partial charge in [0.2, 0.25) is 0 Å². The van der Waals surface area contributed by atoms with Crippen LogP contribution in [0.1, 0.15) is 29.0 Å². The first-order chi connectivity index (χ1) is 14.5. The Morgan fingerprint density at radius 1 is 1.30 bits per heavy atom. The van der Waals surface area contributed by atoms with E-state index in [2.05, 4.69) is 30.8 Å². The summed E-state index contributed by atoms with van der Waals surface area (Å²) < 4.78 is 0. The van der Waals surface area contributed by atoms with E-state index in [1.807, 2.05) is 13.0 Å². The van der Waals surface area contributed by atoms with Crippen LogP contribution in [0.5, 0.6) is 0 Å². The molecule has 1 amide bonds. The van der Waals surface area contributed by atoms with Crippen molar-refractivity contribution in [3.63, 3.8) is 0 Å². The number of hydrogen-bond donors (Lipinski definition) is 3. The highest BCUT2D eigenvalue weighted by Gasteiger charge is 2.31. The van der Waals surface area contributed by atoms with Crippen LogP contribution in [0.2, 0.25) is 5.02 Å². The van der Waals surface area contributed by atoms with Crippen LogP contribution in [0, 0.1) is 6.92 Å². The number of H-pyrrole nitrogens is 1. The number of hydrogen-bond acceptors (Lipinski definition) is 6. The second kappa shape index (κ2) is 8.68. The fourth-order valence-corrected chi connectivity index (χ4v) is 3.55. The number of anilines is 4. The van der Waals surface area contributed by atoms with Gasteiger partial charge in [0.15, 0.2) is 23.1 Å². The molecule has 0 unspecified atom stereocenters. The third-order valence-electron chi connectivity index (χ3n) is 4.92. The van der Waals surface area contributed by atoms with Gasteiger partial charge in [-0.2, -0.15) is 5.10 Å². The number of aromatic amines is 1. The first-order valence-electron chi connectivity index (χ1n) is 9.67. The molecule has 1 saturated heterocycles. The average Bonchev–Trinajstić information content (AvgIpc) is 3.38. The van der Waals surface area contributed by atoms with E-state index in [4.69, 9.17) is 17.3 Å². The molecule has 1 aliphatic rings. The molecule has 0 saturated carbocycles. The minimum atomic E-state index is -0.226. The van der Waals surface area contributed by atoms with Crippen LogP contribution in [-0.2, 0) is 0 Å². The molecule has 9 nitrogen and oxygen atoms in total. The zero-order chi connectivity index (χ0) is 21.1. The van der Waals surface area contributed by atoms with E-state index in [1.54, 1.807) is 29.2 Å². The summed E-state index contributed by atoms with van der Waals surface area (Å²) in [7, 11) is 0. The van der Waals surface area contributed by atoms with Gasteiger partial charge in [0, 0.05) is 41.6 Å². The van der Waals surface area contributed by atoms with Crippen LogP contribution < -0.4 is 16.4 Å². The van der Waals surface area contributed by atoms with Crippen LogP contribution in [-0.4, -0.2) is 50.1 Å². The largest absolute Gasteiger partial charge is 0.338 e. The maximum absolute atomic E-state index is 13.2. The molecule has 0 aliphatic carbocycles. The van der Waals surface area contributed by atoms with Gasteiger partial charge in [-0.15, -0.1) is 0 Å². The van der Waals surface area contributed by atoms with Gasteiger partial charge in [-0.3, -0.25) is 15.6 Å². The maximum atomic E-state index is 13.2. The first-order valence-corrected chi connectivity index (χ1v) is 10.1. The molecule has 1 radical (unpaired) electrons. The standard InChI is InChI=1S/C20H22ClN8O/c1-12-9-16(28-27-12)25-17-11-23-18(20(30)29-8-2-3-15(29)10-22)19(26-17)24-14-6-4-13(21)5-7-14/h4-7,9,11,15,22H,2-3,8,10H2,1H3,(H3,24,25,26,27,28)/t15-/m1/s1. The topological polar surface area (TPSA) is 123 Å². The lowest BCUT2D eigenvalue weighted by Gasteiger charge is -2.23. The van der Waals surface area contributed by atoms with Gasteiger partial charge < -0.3 is 15.5 Å². The van der Waals surface area contributed by atoms with Gasteiger partial charge in [0.1, 0.15) is 0 Å². The number of nitrogens with zero attached hydrogens (tertiary/aromatic N) is 4. The Kier molecular flexibility index (Phi) is 5.82. The van der Waals surface area contributed by atoms with Crippen molar-refractivity contribution in [1.29, 1.82) is 0 Å². The van der Waals surface area contributed by atoms with E-state index in [-0.39, 0.29) is 24.2 Å². The van der Waals surface area contributed by atoms with E-state index in [9.17, 15) is 4.79 Å². The normalized spacial score (nSPS) is 16.0. The fraction of sp³-hybridized carbons (Fsp3) is 0.300. The number of halogens is 1. The third kappa shape index (κ3) is 4.37. The molecule has 1 fully saturated rings. The molecule has 2 aromatic heterocycles. The molecule has 1 aromatic carbocycles. The number of nitrogens with one attached hydrogen (secondary N) is 4. The third-order valence-corrected chi connectivity index (χ3v) is 5.17. The van der Waals surface area contributed by atoms with Crippen molar-refractivity contribution in [3.8, 4) is 0 Å². The molecular formula is C20H22ClN8O. The Balaban J connectivity index is 1.66. The van der Waals surface area contributed by atoms with Crippen LogP contribution in [0.3, 0.4) is 0 Å². The van der Waals surface area contributed by atoms with E-state index in [1.165, 1.54) is 6.20 Å². The van der Waals surface area contributed by atoms with Crippen molar-refractivity contribution < 1.29 is 4.79 Å². The summed E-state index contributed by atoms with van der Waals surface area (Å²) in [5.74, 6) is 1.16. The minimum absolute atomic E-state index is 0.0903. The number of rotatable bonds is 6. The molecular weight excluding hydrogens is 404 g/mol. The minimum Gasteiger partial charge on any atom is -0.338 e. The SMILES string of the molecule is Cc1cc(Nc2cnc(C(=O)N3CCC[C@@H]3C[NH])c(Nc3ccc(Cl)cc3)n2)n[nH]1. The second-order valence-electron chi connectivity index (χ2n) is 7.14. The van der Waals surface area contributed by atoms with Crippen molar-refractivity contribution >= 4 is 40.6 Å². The molecule has 1 aliphatic heterocycles.